The van der Waals surface area contributed by atoms with Gasteiger partial charge in [0.15, 0.2) is 0 Å². The maximum Gasteiger partial charge on any atom is 0.268 e. The molecule has 3 N–H and O–H groups in total. The van der Waals surface area contributed by atoms with Crippen molar-refractivity contribution in [2.24, 2.45) is 17.6 Å². The first-order valence-corrected chi connectivity index (χ1v) is 20.1. The van der Waals surface area contributed by atoms with Crippen LogP contribution in [0.4, 0.5) is 11.5 Å². The number of amides is 4. The summed E-state index contributed by atoms with van der Waals surface area (Å²) >= 11 is 0. The van der Waals surface area contributed by atoms with Gasteiger partial charge in [0, 0.05) is 87.8 Å². The van der Waals surface area contributed by atoms with Crippen molar-refractivity contribution < 1.29 is 28.7 Å². The van der Waals surface area contributed by atoms with Crippen LogP contribution < -0.4 is 25.6 Å². The van der Waals surface area contributed by atoms with Crippen LogP contribution in [-0.4, -0.2) is 115 Å². The molecule has 15 nitrogen and oxygen atoms in total. The fraction of sp³-hybridized carbons (Fsp3) is 0.432. The Morgan fingerprint density at radius 3 is 2.42 bits per heavy atom. The third kappa shape index (κ3) is 8.41. The number of hydrogen-bond donors (Lipinski definition) is 2. The van der Waals surface area contributed by atoms with Crippen molar-refractivity contribution >= 4 is 46.0 Å². The number of nitriles is 1. The number of nitrogens with two attached hydrogens (primary N) is 1. The van der Waals surface area contributed by atoms with Crippen LogP contribution in [0.15, 0.2) is 60.9 Å². The fourth-order valence-corrected chi connectivity index (χ4v) is 8.29. The molecule has 0 aliphatic carbocycles. The molecule has 2 aromatic carbocycles. The molecular formula is C44H51N9O6. The lowest BCUT2D eigenvalue weighted by molar-refractivity contribution is -0.134. The molecule has 3 aliphatic heterocycles. The second-order valence-electron chi connectivity index (χ2n) is 16.0. The van der Waals surface area contributed by atoms with E-state index < -0.39 is 23.9 Å². The van der Waals surface area contributed by atoms with E-state index in [1.54, 1.807) is 30.6 Å². The van der Waals surface area contributed by atoms with Crippen molar-refractivity contribution in [2.45, 2.75) is 58.8 Å². The smallest absolute Gasteiger partial charge is 0.268 e. The highest BCUT2D eigenvalue weighted by molar-refractivity contribution is 6.23. The third-order valence-electron chi connectivity index (χ3n) is 12.1. The maximum absolute atomic E-state index is 13.2. The zero-order valence-corrected chi connectivity index (χ0v) is 34.2. The van der Waals surface area contributed by atoms with E-state index in [1.807, 2.05) is 51.1 Å². The Bertz CT molecular complexity index is 2290. The van der Waals surface area contributed by atoms with Gasteiger partial charge >= 0.3 is 0 Å². The molecule has 5 heterocycles. The Morgan fingerprint density at radius 1 is 0.983 bits per heavy atom. The molecule has 4 amide bonds. The minimum atomic E-state index is -1.46. The van der Waals surface area contributed by atoms with Gasteiger partial charge in [0.05, 0.1) is 34.4 Å². The number of pyridine rings is 2. The highest BCUT2D eigenvalue weighted by atomic mass is 16.5. The van der Waals surface area contributed by atoms with Crippen molar-refractivity contribution in [3.63, 3.8) is 0 Å². The Hall–Kier alpha value is -6.11. The minimum absolute atomic E-state index is 0.0000809. The van der Waals surface area contributed by atoms with Crippen LogP contribution in [0.2, 0.25) is 0 Å². The summed E-state index contributed by atoms with van der Waals surface area (Å²) in [6.07, 6.45) is 3.95. The topological polar surface area (TPSA) is 187 Å². The zero-order valence-electron chi connectivity index (χ0n) is 34.2. The van der Waals surface area contributed by atoms with Crippen LogP contribution in [-0.2, 0) is 9.53 Å². The summed E-state index contributed by atoms with van der Waals surface area (Å²) in [4.78, 5) is 68.0. The van der Waals surface area contributed by atoms with E-state index in [-0.39, 0.29) is 35.0 Å². The summed E-state index contributed by atoms with van der Waals surface area (Å²) in [5.74, 6) is -0.203. The molecule has 0 bridgehead atoms. The lowest BCUT2D eigenvalue weighted by Crippen LogP contribution is -2.53. The highest BCUT2D eigenvalue weighted by Gasteiger charge is 2.43. The van der Waals surface area contributed by atoms with Gasteiger partial charge in [-0.25, -0.2) is 9.88 Å². The van der Waals surface area contributed by atoms with Crippen LogP contribution in [0.1, 0.15) is 75.8 Å². The molecule has 4 atom stereocenters. The highest BCUT2D eigenvalue weighted by Crippen LogP contribution is 2.32. The van der Waals surface area contributed by atoms with Crippen molar-refractivity contribution in [1.29, 1.82) is 5.26 Å². The van der Waals surface area contributed by atoms with Crippen LogP contribution in [0.3, 0.4) is 0 Å². The Balaban J connectivity index is 0.860. The predicted molar refractivity (Wildman–Crippen MR) is 222 cm³/mol. The number of piperazine rings is 1. The second kappa shape index (κ2) is 17.4. The number of nitrogens with zero attached hydrogens (tertiary/aromatic N) is 7. The van der Waals surface area contributed by atoms with Crippen molar-refractivity contribution in [3.8, 4) is 11.8 Å². The van der Waals surface area contributed by atoms with Crippen LogP contribution >= 0.6 is 0 Å². The Morgan fingerprint density at radius 2 is 1.75 bits per heavy atom. The summed E-state index contributed by atoms with van der Waals surface area (Å²) < 4.78 is 11.3. The first kappa shape index (κ1) is 41.1. The second-order valence-corrected chi connectivity index (χ2v) is 16.0. The molecule has 2 fully saturated rings. The number of primary amides is 1. The monoisotopic (exact) mass is 801 g/mol. The number of aromatic nitrogens is 2. The van der Waals surface area contributed by atoms with Gasteiger partial charge in [-0.2, -0.15) is 5.26 Å². The largest absolute Gasteiger partial charge is 0.493 e. The number of anilines is 2. The van der Waals surface area contributed by atoms with Gasteiger partial charge in [0.25, 0.3) is 23.6 Å². The number of methoxy groups -OCH3 is 1. The third-order valence-corrected chi connectivity index (χ3v) is 12.1. The number of carbonyl (C=O) groups is 4. The standard InChI is InChI=1S/C44H51N9O6/c1-26-12-15-47-39-31(21-45)6-10-36(38(26)39)59-25-27(2)29(4)49-41(55)32-7-11-37(48-22-32)50-16-13-30(14-17-50)24-51-18-19-52(23-28(51)3)33-8-9-34-35(20-33)43(57)53(42(34)56)44(58-5)40(46)54/h6-12,15,20,22,27-30,44H,13-14,16-19,23-25H2,1-5H3,(H2,46,54)(H,49,55)/t27?,28-,29-,44?/m0/s1. The average molecular weight is 802 g/mol. The summed E-state index contributed by atoms with van der Waals surface area (Å²) in [6, 6.07) is 16.7. The molecule has 2 aromatic heterocycles. The molecule has 0 saturated carbocycles. The number of rotatable bonds is 13. The number of hydrogen-bond acceptors (Lipinski definition) is 12. The number of aryl methyl sites for hydroxylation is 1. The summed E-state index contributed by atoms with van der Waals surface area (Å²) in [5.41, 5.74) is 9.32. The van der Waals surface area contributed by atoms with Gasteiger partial charge in [-0.1, -0.05) is 6.92 Å². The number of carbonyl (C=O) groups excluding carboxylic acids is 4. The number of ether oxygens (including phenoxy) is 2. The number of nitrogens with one attached hydrogen (secondary N) is 1. The molecule has 0 radical (unpaired) electrons. The lowest BCUT2D eigenvalue weighted by Gasteiger charge is -2.43. The van der Waals surface area contributed by atoms with Crippen LogP contribution in [0.25, 0.3) is 10.9 Å². The van der Waals surface area contributed by atoms with Gasteiger partial charge < -0.3 is 30.3 Å². The van der Waals surface area contributed by atoms with E-state index in [0.717, 1.165) is 79.5 Å². The number of benzene rings is 2. The summed E-state index contributed by atoms with van der Waals surface area (Å²) in [5, 5.41) is 13.4. The first-order valence-electron chi connectivity index (χ1n) is 20.1. The average Bonchev–Trinajstić information content (AvgIpc) is 3.48. The molecule has 2 unspecified atom stereocenters. The molecule has 0 spiro atoms. The van der Waals surface area contributed by atoms with E-state index >= 15 is 0 Å². The molecule has 59 heavy (non-hydrogen) atoms. The molecule has 2 saturated heterocycles. The van der Waals surface area contributed by atoms with E-state index in [0.29, 0.717) is 34.9 Å². The van der Waals surface area contributed by atoms with Gasteiger partial charge in [0.2, 0.25) is 6.23 Å². The van der Waals surface area contributed by atoms with E-state index in [4.69, 9.17) is 15.2 Å². The van der Waals surface area contributed by atoms with Crippen LogP contribution in [0.5, 0.6) is 5.75 Å². The van der Waals surface area contributed by atoms with Gasteiger partial charge in [-0.15, -0.1) is 0 Å². The van der Waals surface area contributed by atoms with Crippen molar-refractivity contribution in [2.75, 3.05) is 62.8 Å². The van der Waals surface area contributed by atoms with Crippen molar-refractivity contribution in [3.05, 3.63) is 88.7 Å². The zero-order chi connectivity index (χ0) is 42.0. The van der Waals surface area contributed by atoms with E-state index in [2.05, 4.69) is 43.0 Å². The molecular weight excluding hydrogens is 751 g/mol. The molecule has 15 heteroatoms. The predicted octanol–water partition coefficient (Wildman–Crippen LogP) is 4.12. The number of imide groups is 1. The quantitative estimate of drug-likeness (QED) is 0.185. The minimum Gasteiger partial charge on any atom is -0.493 e. The lowest BCUT2D eigenvalue weighted by atomic mass is 9.95. The Labute approximate surface area is 344 Å². The fourth-order valence-electron chi connectivity index (χ4n) is 8.29. The number of fused-ring (bicyclic) bond motifs is 2. The van der Waals surface area contributed by atoms with E-state index in [1.165, 1.54) is 7.11 Å². The Kier molecular flexibility index (Phi) is 12.1. The van der Waals surface area contributed by atoms with Gasteiger partial charge in [-0.3, -0.25) is 29.1 Å². The molecule has 4 aromatic rings. The molecule has 308 valence electrons. The van der Waals surface area contributed by atoms with Crippen molar-refractivity contribution in [1.82, 2.24) is 25.1 Å². The summed E-state index contributed by atoms with van der Waals surface area (Å²) in [6.45, 7) is 13.7. The maximum atomic E-state index is 13.2. The van der Waals surface area contributed by atoms with E-state index in [9.17, 15) is 24.4 Å². The molecule has 3 aliphatic rings. The summed E-state index contributed by atoms with van der Waals surface area (Å²) in [7, 11) is 1.23. The SMILES string of the molecule is COC(C(N)=O)N1C(=O)c2ccc(N3CCN(CC4CCN(c5ccc(C(=O)N[C@@H](C)C(C)COc6ccc(C#N)c7nccc(C)c67)cn5)CC4)[C@@H](C)C3)cc2C1=O. The molecule has 7 rings (SSSR count). The number of piperidine rings is 1. The first-order chi connectivity index (χ1) is 28.4. The van der Waals surface area contributed by atoms with Crippen LogP contribution in [0, 0.1) is 30.1 Å². The normalized spacial score (nSPS) is 19.0. The van der Waals surface area contributed by atoms with Gasteiger partial charge in [0.1, 0.15) is 17.6 Å². The van der Waals surface area contributed by atoms with Gasteiger partial charge in [-0.05, 0) is 93.6 Å².